The molecule has 0 spiro atoms. The molecule has 2 aliphatic rings. The van der Waals surface area contributed by atoms with E-state index in [1.54, 1.807) is 0 Å². The molecule has 1 aromatic rings. The van der Waals surface area contributed by atoms with Crippen LogP contribution in [0.1, 0.15) is 56.1 Å². The summed E-state index contributed by atoms with van der Waals surface area (Å²) in [6.07, 6.45) is 6.47. The highest BCUT2D eigenvalue weighted by atomic mass is 14.8. The summed E-state index contributed by atoms with van der Waals surface area (Å²) in [5.74, 6) is 1.40. The van der Waals surface area contributed by atoms with E-state index in [4.69, 9.17) is 5.73 Å². The van der Waals surface area contributed by atoms with Crippen LogP contribution in [-0.4, -0.2) is 0 Å². The van der Waals surface area contributed by atoms with Crippen molar-refractivity contribution < 1.29 is 0 Å². The van der Waals surface area contributed by atoms with Gasteiger partial charge >= 0.3 is 0 Å². The van der Waals surface area contributed by atoms with E-state index in [-0.39, 0.29) is 5.54 Å². The Morgan fingerprint density at radius 2 is 2.06 bits per heavy atom. The minimum atomic E-state index is -0.0125. The molecule has 1 aromatic carbocycles. The van der Waals surface area contributed by atoms with Crippen LogP contribution in [0, 0.1) is 5.92 Å². The van der Waals surface area contributed by atoms with Gasteiger partial charge in [0.1, 0.15) is 0 Å². The molecule has 1 nitrogen and oxygen atoms in total. The highest BCUT2D eigenvalue weighted by Crippen LogP contribution is 2.50. The van der Waals surface area contributed by atoms with E-state index in [0.29, 0.717) is 11.8 Å². The average molecular weight is 215 g/mol. The summed E-state index contributed by atoms with van der Waals surface area (Å²) in [4.78, 5) is 0. The lowest BCUT2D eigenvalue weighted by atomic mass is 9.61. The van der Waals surface area contributed by atoms with Gasteiger partial charge in [-0.2, -0.15) is 0 Å². The van der Waals surface area contributed by atoms with Crippen LogP contribution in [0.2, 0.25) is 0 Å². The molecule has 0 aromatic heterocycles. The van der Waals surface area contributed by atoms with E-state index in [2.05, 4.69) is 31.2 Å². The summed E-state index contributed by atoms with van der Waals surface area (Å²) >= 11 is 0. The van der Waals surface area contributed by atoms with Gasteiger partial charge in [-0.25, -0.2) is 0 Å². The van der Waals surface area contributed by atoms with Crippen LogP contribution >= 0.6 is 0 Å². The number of rotatable bonds is 0. The number of hydrogen-bond acceptors (Lipinski definition) is 1. The van der Waals surface area contributed by atoms with Crippen LogP contribution in [0.25, 0.3) is 0 Å². The first-order valence-corrected chi connectivity index (χ1v) is 6.60. The first kappa shape index (κ1) is 10.3. The van der Waals surface area contributed by atoms with Gasteiger partial charge in [0.05, 0.1) is 0 Å². The zero-order chi connectivity index (χ0) is 11.2. The van der Waals surface area contributed by atoms with Crippen molar-refractivity contribution in [3.63, 3.8) is 0 Å². The largest absolute Gasteiger partial charge is 0.321 e. The molecule has 2 N–H and O–H groups in total. The van der Waals surface area contributed by atoms with Crippen molar-refractivity contribution in [2.24, 2.45) is 11.7 Å². The second-order valence-electron chi connectivity index (χ2n) is 5.71. The molecule has 0 bridgehead atoms. The van der Waals surface area contributed by atoms with Gasteiger partial charge in [-0.05, 0) is 42.2 Å². The second-order valence-corrected chi connectivity index (χ2v) is 5.71. The molecule has 0 radical (unpaired) electrons. The van der Waals surface area contributed by atoms with Crippen molar-refractivity contribution in [1.29, 1.82) is 0 Å². The molecule has 1 heteroatoms. The third kappa shape index (κ3) is 1.34. The molecule has 3 rings (SSSR count). The predicted octanol–water partition coefficient (Wildman–Crippen LogP) is 3.54. The monoisotopic (exact) mass is 215 g/mol. The van der Waals surface area contributed by atoms with Crippen molar-refractivity contribution >= 4 is 0 Å². The summed E-state index contributed by atoms with van der Waals surface area (Å²) in [5.41, 5.74) is 9.67. The molecule has 0 saturated heterocycles. The Labute approximate surface area is 98.0 Å². The fraction of sp³-hybridized carbons (Fsp3) is 0.600. The second kappa shape index (κ2) is 3.59. The number of benzene rings is 1. The lowest BCUT2D eigenvalue weighted by Crippen LogP contribution is -2.49. The van der Waals surface area contributed by atoms with Crippen molar-refractivity contribution in [3.05, 3.63) is 35.4 Å². The van der Waals surface area contributed by atoms with Crippen molar-refractivity contribution in [3.8, 4) is 0 Å². The SMILES string of the molecule is C[C@@H]1C[C@@H]2CCCC[C@]2(N)c2ccccc21. The third-order valence-electron chi connectivity index (χ3n) is 4.75. The minimum Gasteiger partial charge on any atom is -0.321 e. The Kier molecular flexibility index (Phi) is 2.32. The van der Waals surface area contributed by atoms with E-state index >= 15 is 0 Å². The maximum absolute atomic E-state index is 6.74. The number of fused-ring (bicyclic) bond motifs is 3. The fourth-order valence-electron chi connectivity index (χ4n) is 3.86. The molecule has 86 valence electrons. The van der Waals surface area contributed by atoms with Gasteiger partial charge in [0.2, 0.25) is 0 Å². The number of hydrogen-bond donors (Lipinski definition) is 1. The molecular weight excluding hydrogens is 194 g/mol. The van der Waals surface area contributed by atoms with Gasteiger partial charge in [-0.3, -0.25) is 0 Å². The molecular formula is C15H21N. The van der Waals surface area contributed by atoms with Gasteiger partial charge in [0.15, 0.2) is 0 Å². The Bertz CT molecular complexity index is 398. The van der Waals surface area contributed by atoms with Gasteiger partial charge in [-0.15, -0.1) is 0 Å². The zero-order valence-electron chi connectivity index (χ0n) is 10.1. The average Bonchev–Trinajstić information content (AvgIpc) is 2.31. The molecule has 0 amide bonds. The number of nitrogens with two attached hydrogens (primary N) is 1. The lowest BCUT2D eigenvalue weighted by molar-refractivity contribution is 0.154. The van der Waals surface area contributed by atoms with E-state index < -0.39 is 0 Å². The molecule has 1 fully saturated rings. The van der Waals surface area contributed by atoms with Crippen LogP contribution < -0.4 is 5.73 Å². The Morgan fingerprint density at radius 3 is 2.94 bits per heavy atom. The Morgan fingerprint density at radius 1 is 1.25 bits per heavy atom. The van der Waals surface area contributed by atoms with E-state index in [1.165, 1.54) is 43.2 Å². The normalized spacial score (nSPS) is 37.6. The molecule has 16 heavy (non-hydrogen) atoms. The summed E-state index contributed by atoms with van der Waals surface area (Å²) in [7, 11) is 0. The summed E-state index contributed by atoms with van der Waals surface area (Å²) in [6, 6.07) is 8.85. The van der Waals surface area contributed by atoms with Gasteiger partial charge in [0, 0.05) is 5.54 Å². The maximum atomic E-state index is 6.74. The molecule has 0 unspecified atom stereocenters. The van der Waals surface area contributed by atoms with Gasteiger partial charge < -0.3 is 5.73 Å². The Hall–Kier alpha value is -0.820. The van der Waals surface area contributed by atoms with Crippen molar-refractivity contribution in [2.45, 2.75) is 50.5 Å². The Balaban J connectivity index is 2.12. The molecule has 2 aliphatic carbocycles. The summed E-state index contributed by atoms with van der Waals surface area (Å²) in [5, 5.41) is 0. The van der Waals surface area contributed by atoms with Crippen LogP contribution in [0.5, 0.6) is 0 Å². The predicted molar refractivity (Wildman–Crippen MR) is 67.3 cm³/mol. The smallest absolute Gasteiger partial charge is 0.0441 e. The molecule has 0 aliphatic heterocycles. The van der Waals surface area contributed by atoms with E-state index in [9.17, 15) is 0 Å². The topological polar surface area (TPSA) is 26.0 Å². The van der Waals surface area contributed by atoms with Gasteiger partial charge in [-0.1, -0.05) is 44.0 Å². The van der Waals surface area contributed by atoms with Crippen LogP contribution in [0.15, 0.2) is 24.3 Å². The quantitative estimate of drug-likeness (QED) is 0.704. The van der Waals surface area contributed by atoms with Gasteiger partial charge in [0.25, 0.3) is 0 Å². The van der Waals surface area contributed by atoms with Crippen LogP contribution in [-0.2, 0) is 5.54 Å². The first-order valence-electron chi connectivity index (χ1n) is 6.60. The summed E-state index contributed by atoms with van der Waals surface area (Å²) < 4.78 is 0. The maximum Gasteiger partial charge on any atom is 0.0441 e. The van der Waals surface area contributed by atoms with E-state index in [1.807, 2.05) is 0 Å². The van der Waals surface area contributed by atoms with Crippen molar-refractivity contribution in [1.82, 2.24) is 0 Å². The van der Waals surface area contributed by atoms with Crippen LogP contribution in [0.4, 0.5) is 0 Å². The highest BCUT2D eigenvalue weighted by Gasteiger charge is 2.44. The first-order chi connectivity index (χ1) is 7.72. The zero-order valence-corrected chi connectivity index (χ0v) is 10.1. The highest BCUT2D eigenvalue weighted by molar-refractivity contribution is 5.39. The minimum absolute atomic E-state index is 0.0125. The standard InChI is InChI=1S/C15H21N/c1-11-10-12-6-4-5-9-15(12,16)14-8-3-2-7-13(11)14/h2-3,7-8,11-12H,4-6,9-10,16H2,1H3/t11-,12+,15-/m1/s1. The van der Waals surface area contributed by atoms with Crippen LogP contribution in [0.3, 0.4) is 0 Å². The fourth-order valence-corrected chi connectivity index (χ4v) is 3.86. The lowest BCUT2D eigenvalue weighted by Gasteiger charge is -2.48. The molecule has 0 heterocycles. The molecule has 3 atom stereocenters. The third-order valence-corrected chi connectivity index (χ3v) is 4.75. The van der Waals surface area contributed by atoms with E-state index in [0.717, 1.165) is 0 Å². The summed E-state index contributed by atoms with van der Waals surface area (Å²) in [6.45, 7) is 2.35. The molecule has 1 saturated carbocycles. The van der Waals surface area contributed by atoms with Crippen molar-refractivity contribution in [2.75, 3.05) is 0 Å².